The van der Waals surface area contributed by atoms with Crippen LogP contribution in [0.4, 0.5) is 4.39 Å². The first-order valence-electron chi connectivity index (χ1n) is 8.65. The fraction of sp³-hybridized carbons (Fsp3) is 0.250. The molecule has 1 unspecified atom stereocenters. The van der Waals surface area contributed by atoms with E-state index in [0.717, 1.165) is 5.56 Å². The van der Waals surface area contributed by atoms with Crippen molar-refractivity contribution in [2.24, 2.45) is 0 Å². The molecule has 1 atom stereocenters. The number of hydrogen-bond acceptors (Lipinski definition) is 5. The summed E-state index contributed by atoms with van der Waals surface area (Å²) in [4.78, 5) is 12.7. The molecule has 3 rings (SSSR count). The number of carbonyl (C=O) groups is 1. The van der Waals surface area contributed by atoms with Crippen LogP contribution in [0.3, 0.4) is 0 Å². The van der Waals surface area contributed by atoms with E-state index < -0.39 is 0 Å². The number of rotatable bonds is 6. The van der Waals surface area contributed by atoms with Crippen LogP contribution in [0.15, 0.2) is 42.5 Å². The Morgan fingerprint density at radius 3 is 2.50 bits per heavy atom. The molecule has 0 bridgehead atoms. The highest BCUT2D eigenvalue weighted by Gasteiger charge is 2.21. The monoisotopic (exact) mass is 384 g/mol. The van der Waals surface area contributed by atoms with Crippen LogP contribution in [0.1, 0.15) is 34.7 Å². The van der Waals surface area contributed by atoms with Crippen molar-refractivity contribution in [3.63, 3.8) is 0 Å². The van der Waals surface area contributed by atoms with Gasteiger partial charge in [0.2, 0.25) is 0 Å². The highest BCUT2D eigenvalue weighted by atomic mass is 19.1. The standard InChI is InChI=1S/C20H21FN4O3/c1-12(17-11-16(27-3)9-10-18(17)28-4)22-20(26)19-13(2)25(24-23-19)15-7-5-14(21)6-8-15/h5-12H,1-4H3,(H,22,26). The second-order valence-corrected chi connectivity index (χ2v) is 6.21. The van der Waals surface area contributed by atoms with E-state index in [1.807, 2.05) is 13.0 Å². The van der Waals surface area contributed by atoms with Crippen molar-refractivity contribution in [1.29, 1.82) is 0 Å². The third-order valence-electron chi connectivity index (χ3n) is 4.43. The molecule has 1 amide bonds. The lowest BCUT2D eigenvalue weighted by Crippen LogP contribution is -2.28. The number of amides is 1. The quantitative estimate of drug-likeness (QED) is 0.706. The number of halogens is 1. The predicted molar refractivity (Wildman–Crippen MR) is 101 cm³/mol. The first kappa shape index (κ1) is 19.3. The van der Waals surface area contributed by atoms with Crippen LogP contribution < -0.4 is 14.8 Å². The van der Waals surface area contributed by atoms with Gasteiger partial charge in [0.25, 0.3) is 5.91 Å². The van der Waals surface area contributed by atoms with Crippen molar-refractivity contribution < 1.29 is 18.7 Å². The fourth-order valence-corrected chi connectivity index (χ4v) is 2.89. The molecule has 1 aromatic heterocycles. The minimum atomic E-state index is -0.372. The summed E-state index contributed by atoms with van der Waals surface area (Å²) in [6.45, 7) is 3.57. The molecule has 1 heterocycles. The molecule has 0 fully saturated rings. The van der Waals surface area contributed by atoms with E-state index in [2.05, 4.69) is 15.6 Å². The second kappa shape index (κ2) is 8.08. The molecule has 8 heteroatoms. The van der Waals surface area contributed by atoms with Crippen molar-refractivity contribution in [2.45, 2.75) is 19.9 Å². The van der Waals surface area contributed by atoms with Crippen molar-refractivity contribution >= 4 is 5.91 Å². The molecule has 0 saturated carbocycles. The Bertz CT molecular complexity index is 986. The molecule has 28 heavy (non-hydrogen) atoms. The third-order valence-corrected chi connectivity index (χ3v) is 4.43. The first-order valence-corrected chi connectivity index (χ1v) is 8.65. The number of nitrogens with zero attached hydrogens (tertiary/aromatic N) is 3. The van der Waals surface area contributed by atoms with Crippen LogP contribution in [0.25, 0.3) is 5.69 Å². The summed E-state index contributed by atoms with van der Waals surface area (Å²) in [6, 6.07) is 10.8. The lowest BCUT2D eigenvalue weighted by Gasteiger charge is -2.18. The van der Waals surface area contributed by atoms with Gasteiger partial charge in [-0.25, -0.2) is 9.07 Å². The van der Waals surface area contributed by atoms with E-state index in [0.29, 0.717) is 22.9 Å². The van der Waals surface area contributed by atoms with Gasteiger partial charge in [0.05, 0.1) is 31.6 Å². The Kier molecular flexibility index (Phi) is 5.58. The Morgan fingerprint density at radius 2 is 1.86 bits per heavy atom. The number of hydrogen-bond donors (Lipinski definition) is 1. The Hall–Kier alpha value is -3.42. The summed E-state index contributed by atoms with van der Waals surface area (Å²) in [5.74, 6) is 0.583. The summed E-state index contributed by atoms with van der Waals surface area (Å²) >= 11 is 0. The van der Waals surface area contributed by atoms with Crippen LogP contribution in [0.2, 0.25) is 0 Å². The van der Waals surface area contributed by atoms with Gasteiger partial charge in [0.1, 0.15) is 17.3 Å². The normalized spacial score (nSPS) is 11.8. The topological polar surface area (TPSA) is 78.3 Å². The average molecular weight is 384 g/mol. The number of nitrogens with one attached hydrogen (secondary N) is 1. The number of benzene rings is 2. The van der Waals surface area contributed by atoms with Gasteiger partial charge in [-0.2, -0.15) is 0 Å². The highest BCUT2D eigenvalue weighted by molar-refractivity contribution is 5.93. The Labute approximate surface area is 162 Å². The van der Waals surface area contributed by atoms with E-state index in [-0.39, 0.29) is 23.5 Å². The van der Waals surface area contributed by atoms with Crippen molar-refractivity contribution in [3.8, 4) is 17.2 Å². The zero-order valence-electron chi connectivity index (χ0n) is 16.1. The van der Waals surface area contributed by atoms with Crippen molar-refractivity contribution in [2.75, 3.05) is 14.2 Å². The summed E-state index contributed by atoms with van der Waals surface area (Å²) in [5.41, 5.74) is 2.14. The summed E-state index contributed by atoms with van der Waals surface area (Å²) in [6.07, 6.45) is 0. The molecule has 146 valence electrons. The van der Waals surface area contributed by atoms with E-state index in [1.165, 1.54) is 16.8 Å². The smallest absolute Gasteiger partial charge is 0.274 e. The predicted octanol–water partition coefficient (Wildman–Crippen LogP) is 3.22. The summed E-state index contributed by atoms with van der Waals surface area (Å²) < 4.78 is 25.3. The number of methoxy groups -OCH3 is 2. The molecule has 2 aromatic carbocycles. The van der Waals surface area contributed by atoms with Gasteiger partial charge in [-0.3, -0.25) is 4.79 Å². The lowest BCUT2D eigenvalue weighted by molar-refractivity contribution is 0.0933. The van der Waals surface area contributed by atoms with Crippen molar-refractivity contribution in [3.05, 3.63) is 65.2 Å². The van der Waals surface area contributed by atoms with Gasteiger partial charge in [-0.15, -0.1) is 5.10 Å². The van der Waals surface area contributed by atoms with E-state index >= 15 is 0 Å². The molecular weight excluding hydrogens is 363 g/mol. The van der Waals surface area contributed by atoms with E-state index in [1.54, 1.807) is 45.4 Å². The number of ether oxygens (including phenoxy) is 2. The molecule has 0 spiro atoms. The van der Waals surface area contributed by atoms with E-state index in [4.69, 9.17) is 9.47 Å². The molecule has 0 aliphatic heterocycles. The SMILES string of the molecule is COc1ccc(OC)c(C(C)NC(=O)c2nnn(-c3ccc(F)cc3)c2C)c1. The first-order chi connectivity index (χ1) is 13.4. The van der Waals surface area contributed by atoms with Gasteiger partial charge in [0.15, 0.2) is 5.69 Å². The van der Waals surface area contributed by atoms with Crippen LogP contribution in [-0.2, 0) is 0 Å². The molecule has 3 aromatic rings. The maximum Gasteiger partial charge on any atom is 0.274 e. The Morgan fingerprint density at radius 1 is 1.14 bits per heavy atom. The zero-order valence-corrected chi connectivity index (χ0v) is 16.1. The molecule has 1 N–H and O–H groups in total. The summed E-state index contributed by atoms with van der Waals surface area (Å²) in [5, 5.41) is 10.9. The molecule has 0 radical (unpaired) electrons. The van der Waals surface area contributed by atoms with Crippen LogP contribution in [0, 0.1) is 12.7 Å². The number of aromatic nitrogens is 3. The highest BCUT2D eigenvalue weighted by Crippen LogP contribution is 2.29. The van der Waals surface area contributed by atoms with Crippen molar-refractivity contribution in [1.82, 2.24) is 20.3 Å². The molecule has 0 aliphatic carbocycles. The third kappa shape index (κ3) is 3.80. The Balaban J connectivity index is 1.83. The summed E-state index contributed by atoms with van der Waals surface area (Å²) in [7, 11) is 3.14. The molecule has 7 nitrogen and oxygen atoms in total. The fourth-order valence-electron chi connectivity index (χ4n) is 2.89. The largest absolute Gasteiger partial charge is 0.497 e. The van der Waals surface area contributed by atoms with Gasteiger partial charge in [0, 0.05) is 5.56 Å². The van der Waals surface area contributed by atoms with Gasteiger partial charge >= 0.3 is 0 Å². The van der Waals surface area contributed by atoms with Gasteiger partial charge in [-0.05, 0) is 56.3 Å². The van der Waals surface area contributed by atoms with Gasteiger partial charge < -0.3 is 14.8 Å². The average Bonchev–Trinajstić information content (AvgIpc) is 3.09. The minimum Gasteiger partial charge on any atom is -0.497 e. The maximum atomic E-state index is 13.1. The lowest BCUT2D eigenvalue weighted by atomic mass is 10.1. The maximum absolute atomic E-state index is 13.1. The molecule has 0 aliphatic rings. The minimum absolute atomic E-state index is 0.193. The molecular formula is C20H21FN4O3. The number of carbonyl (C=O) groups excluding carboxylic acids is 1. The van der Waals surface area contributed by atoms with Gasteiger partial charge in [-0.1, -0.05) is 5.21 Å². The second-order valence-electron chi connectivity index (χ2n) is 6.21. The van der Waals surface area contributed by atoms with Crippen LogP contribution in [-0.4, -0.2) is 35.1 Å². The zero-order chi connectivity index (χ0) is 20.3. The molecule has 0 saturated heterocycles. The van der Waals surface area contributed by atoms with Crippen LogP contribution in [0.5, 0.6) is 11.5 Å². The van der Waals surface area contributed by atoms with E-state index in [9.17, 15) is 9.18 Å². The van der Waals surface area contributed by atoms with Crippen LogP contribution >= 0.6 is 0 Å².